The number of rotatable bonds is 5. The summed E-state index contributed by atoms with van der Waals surface area (Å²) in [6, 6.07) is 4.28. The van der Waals surface area contributed by atoms with Gasteiger partial charge in [-0.3, -0.25) is 4.99 Å². The quantitative estimate of drug-likeness (QED) is 0.385. The first-order chi connectivity index (χ1) is 12.7. The second kappa shape index (κ2) is 11.0. The van der Waals surface area contributed by atoms with Crippen LogP contribution in [0.4, 0.5) is 5.82 Å². The summed E-state index contributed by atoms with van der Waals surface area (Å²) < 4.78 is 5.29. The summed E-state index contributed by atoms with van der Waals surface area (Å²) in [7, 11) is 5.80. The van der Waals surface area contributed by atoms with Crippen molar-refractivity contribution in [1.82, 2.24) is 20.1 Å². The van der Waals surface area contributed by atoms with Crippen molar-refractivity contribution in [2.75, 3.05) is 72.0 Å². The van der Waals surface area contributed by atoms with Crippen LogP contribution in [-0.4, -0.2) is 87.8 Å². The van der Waals surface area contributed by atoms with E-state index in [1.165, 1.54) is 5.56 Å². The molecule has 0 aromatic carbocycles. The van der Waals surface area contributed by atoms with Crippen LogP contribution in [0, 0.1) is 5.92 Å². The largest absolute Gasteiger partial charge is 0.384 e. The number of halogens is 1. The van der Waals surface area contributed by atoms with Gasteiger partial charge < -0.3 is 24.8 Å². The van der Waals surface area contributed by atoms with Gasteiger partial charge in [0, 0.05) is 72.1 Å². The zero-order valence-electron chi connectivity index (χ0n) is 16.7. The summed E-state index contributed by atoms with van der Waals surface area (Å²) >= 11 is 0. The molecule has 0 spiro atoms. The Morgan fingerprint density at radius 2 is 2.07 bits per heavy atom. The molecule has 8 heteroatoms. The van der Waals surface area contributed by atoms with E-state index >= 15 is 0 Å². The molecule has 0 bridgehead atoms. The fourth-order valence-corrected chi connectivity index (χ4v) is 3.69. The van der Waals surface area contributed by atoms with E-state index in [0.29, 0.717) is 5.92 Å². The highest BCUT2D eigenvalue weighted by Gasteiger charge is 2.24. The molecule has 1 aromatic rings. The van der Waals surface area contributed by atoms with Crippen LogP contribution in [0.5, 0.6) is 0 Å². The molecule has 3 heterocycles. The number of hydrogen-bond acceptors (Lipinski definition) is 5. The van der Waals surface area contributed by atoms with Crippen molar-refractivity contribution in [2.24, 2.45) is 10.9 Å². The Morgan fingerprint density at radius 3 is 2.78 bits per heavy atom. The van der Waals surface area contributed by atoms with Crippen molar-refractivity contribution in [1.29, 1.82) is 0 Å². The summed E-state index contributed by atoms with van der Waals surface area (Å²) in [5, 5.41) is 3.51. The molecule has 0 saturated carbocycles. The normalized spacial score (nSPS) is 21.3. The molecule has 2 fully saturated rings. The summed E-state index contributed by atoms with van der Waals surface area (Å²) in [6.45, 7) is 7.90. The minimum absolute atomic E-state index is 0. The monoisotopic (exact) mass is 488 g/mol. The Labute approximate surface area is 180 Å². The van der Waals surface area contributed by atoms with Gasteiger partial charge in [0.2, 0.25) is 0 Å². The molecular weight excluding hydrogens is 455 g/mol. The van der Waals surface area contributed by atoms with Crippen molar-refractivity contribution >= 4 is 35.8 Å². The summed E-state index contributed by atoms with van der Waals surface area (Å²) in [6.07, 6.45) is 3.08. The first kappa shape index (κ1) is 22.2. The van der Waals surface area contributed by atoms with Gasteiger partial charge in [-0.15, -0.1) is 24.0 Å². The van der Waals surface area contributed by atoms with Crippen LogP contribution in [0.25, 0.3) is 0 Å². The fraction of sp³-hybridized carbons (Fsp3) is 0.684. The molecule has 2 aliphatic rings. The number of aromatic nitrogens is 1. The Hall–Kier alpha value is -1.13. The van der Waals surface area contributed by atoms with Gasteiger partial charge in [-0.2, -0.15) is 0 Å². The molecule has 2 aliphatic heterocycles. The number of ether oxygens (including phenoxy) is 1. The van der Waals surface area contributed by atoms with E-state index in [1.54, 1.807) is 7.11 Å². The molecule has 0 aliphatic carbocycles. The standard InChI is InChI=1S/C19H32N6O.HI/c1-20-19(25-7-5-17(14-25)15-26-3)22-13-16-4-6-21-18(12-16)24-10-8-23(2)9-11-24;/h4,6,12,17H,5,7-11,13-15H2,1-3H3,(H,20,22);1H. The number of anilines is 1. The minimum atomic E-state index is 0. The number of pyridine rings is 1. The molecule has 0 radical (unpaired) electrons. The maximum Gasteiger partial charge on any atom is 0.193 e. The predicted molar refractivity (Wildman–Crippen MR) is 121 cm³/mol. The Bertz CT molecular complexity index is 606. The van der Waals surface area contributed by atoms with Gasteiger partial charge in [0.05, 0.1) is 6.61 Å². The van der Waals surface area contributed by atoms with Crippen LogP contribution in [0.1, 0.15) is 12.0 Å². The smallest absolute Gasteiger partial charge is 0.193 e. The Morgan fingerprint density at radius 1 is 1.30 bits per heavy atom. The highest BCUT2D eigenvalue weighted by molar-refractivity contribution is 14.0. The lowest BCUT2D eigenvalue weighted by molar-refractivity contribution is 0.157. The first-order valence-electron chi connectivity index (χ1n) is 9.52. The summed E-state index contributed by atoms with van der Waals surface area (Å²) in [5.41, 5.74) is 1.24. The maximum absolute atomic E-state index is 5.29. The van der Waals surface area contributed by atoms with E-state index < -0.39 is 0 Å². The third-order valence-electron chi connectivity index (χ3n) is 5.29. The predicted octanol–water partition coefficient (Wildman–Crippen LogP) is 1.50. The van der Waals surface area contributed by atoms with Crippen LogP contribution < -0.4 is 10.2 Å². The van der Waals surface area contributed by atoms with Crippen LogP contribution >= 0.6 is 24.0 Å². The second-order valence-corrected chi connectivity index (χ2v) is 7.27. The van der Waals surface area contributed by atoms with E-state index in [2.05, 4.69) is 49.2 Å². The van der Waals surface area contributed by atoms with Crippen LogP contribution in [-0.2, 0) is 11.3 Å². The zero-order chi connectivity index (χ0) is 18.4. The number of likely N-dealkylation sites (tertiary alicyclic amines) is 1. The van der Waals surface area contributed by atoms with Crippen LogP contribution in [0.2, 0.25) is 0 Å². The minimum Gasteiger partial charge on any atom is -0.384 e. The van der Waals surface area contributed by atoms with Gasteiger partial charge in [-0.25, -0.2) is 4.98 Å². The molecular formula is C19H33IN6O. The zero-order valence-corrected chi connectivity index (χ0v) is 19.1. The number of aliphatic imine (C=N–C) groups is 1. The van der Waals surface area contributed by atoms with Gasteiger partial charge in [-0.05, 0) is 31.2 Å². The fourth-order valence-electron chi connectivity index (χ4n) is 3.69. The van der Waals surface area contributed by atoms with Gasteiger partial charge in [0.15, 0.2) is 5.96 Å². The van der Waals surface area contributed by atoms with Gasteiger partial charge in [0.1, 0.15) is 5.82 Å². The number of nitrogens with one attached hydrogen (secondary N) is 1. The third kappa shape index (κ3) is 6.18. The molecule has 7 nitrogen and oxygen atoms in total. The van der Waals surface area contributed by atoms with E-state index in [9.17, 15) is 0 Å². The number of piperazine rings is 1. The SMILES string of the molecule is CN=C(NCc1ccnc(N2CCN(C)CC2)c1)N1CCC(COC)C1.I. The number of guanidine groups is 1. The highest BCUT2D eigenvalue weighted by Crippen LogP contribution is 2.17. The Kier molecular flexibility index (Phi) is 9.04. The van der Waals surface area contributed by atoms with E-state index in [4.69, 9.17) is 4.74 Å². The number of nitrogens with zero attached hydrogens (tertiary/aromatic N) is 5. The lowest BCUT2D eigenvalue weighted by Crippen LogP contribution is -2.44. The topological polar surface area (TPSA) is 56.2 Å². The number of hydrogen-bond donors (Lipinski definition) is 1. The number of methoxy groups -OCH3 is 1. The lowest BCUT2D eigenvalue weighted by atomic mass is 10.1. The molecule has 0 amide bonds. The van der Waals surface area contributed by atoms with Crippen molar-refractivity contribution in [3.05, 3.63) is 23.9 Å². The van der Waals surface area contributed by atoms with Crippen LogP contribution in [0.3, 0.4) is 0 Å². The maximum atomic E-state index is 5.29. The van der Waals surface area contributed by atoms with Gasteiger partial charge in [0.25, 0.3) is 0 Å². The van der Waals surface area contributed by atoms with E-state index in [0.717, 1.165) is 70.6 Å². The molecule has 152 valence electrons. The van der Waals surface area contributed by atoms with Crippen molar-refractivity contribution in [3.8, 4) is 0 Å². The first-order valence-corrected chi connectivity index (χ1v) is 9.52. The molecule has 1 N–H and O–H groups in total. The number of likely N-dealkylation sites (N-methyl/N-ethyl adjacent to an activating group) is 1. The molecule has 3 rings (SSSR count). The molecule has 27 heavy (non-hydrogen) atoms. The van der Waals surface area contributed by atoms with Crippen LogP contribution in [0.15, 0.2) is 23.3 Å². The van der Waals surface area contributed by atoms with Crippen molar-refractivity contribution in [3.63, 3.8) is 0 Å². The van der Waals surface area contributed by atoms with Crippen molar-refractivity contribution < 1.29 is 4.74 Å². The molecule has 1 aromatic heterocycles. The van der Waals surface area contributed by atoms with Crippen molar-refractivity contribution in [2.45, 2.75) is 13.0 Å². The second-order valence-electron chi connectivity index (χ2n) is 7.27. The molecule has 1 unspecified atom stereocenters. The van der Waals surface area contributed by atoms with Gasteiger partial charge >= 0.3 is 0 Å². The van der Waals surface area contributed by atoms with E-state index in [-0.39, 0.29) is 24.0 Å². The lowest BCUT2D eigenvalue weighted by Gasteiger charge is -2.33. The third-order valence-corrected chi connectivity index (χ3v) is 5.29. The average molecular weight is 488 g/mol. The van der Waals surface area contributed by atoms with Gasteiger partial charge in [-0.1, -0.05) is 0 Å². The molecule has 2 saturated heterocycles. The molecule has 1 atom stereocenters. The van der Waals surface area contributed by atoms with E-state index in [1.807, 2.05) is 13.2 Å². The summed E-state index contributed by atoms with van der Waals surface area (Å²) in [5.74, 6) is 2.65. The highest BCUT2D eigenvalue weighted by atomic mass is 127. The summed E-state index contributed by atoms with van der Waals surface area (Å²) in [4.78, 5) is 16.1. The average Bonchev–Trinajstić information content (AvgIpc) is 3.12. The Balaban J connectivity index is 0.00000261.